The lowest BCUT2D eigenvalue weighted by atomic mass is 10.0. The van der Waals surface area contributed by atoms with Crippen LogP contribution in [0, 0.1) is 5.92 Å². The zero-order chi connectivity index (χ0) is 11.4. The maximum Gasteiger partial charge on any atom is 0.0234 e. The predicted molar refractivity (Wildman–Crippen MR) is 82.8 cm³/mol. The lowest BCUT2D eigenvalue weighted by Gasteiger charge is -2.35. The molecule has 0 aromatic heterocycles. The molecular weight excluding hydrogens is 267 g/mol. The Morgan fingerprint density at radius 2 is 1.89 bits per heavy atom. The zero-order valence-corrected chi connectivity index (χ0v) is 12.8. The number of nitrogens with zero attached hydrogens (tertiary/aromatic N) is 1. The highest BCUT2D eigenvalue weighted by Gasteiger charge is 2.21. The molecule has 0 radical (unpaired) electrons. The summed E-state index contributed by atoms with van der Waals surface area (Å²) < 4.78 is 0. The SMILES string of the molecule is CC(C)[C@H]1CN(Cc2ccccc2)CCN1.Cl.Cl. The highest BCUT2D eigenvalue weighted by molar-refractivity contribution is 5.85. The minimum absolute atomic E-state index is 0. The van der Waals surface area contributed by atoms with E-state index in [1.165, 1.54) is 12.1 Å². The van der Waals surface area contributed by atoms with Gasteiger partial charge in [-0.25, -0.2) is 0 Å². The lowest BCUT2D eigenvalue weighted by molar-refractivity contribution is 0.168. The first-order valence-corrected chi connectivity index (χ1v) is 6.25. The van der Waals surface area contributed by atoms with Crippen LogP contribution < -0.4 is 5.32 Å². The fourth-order valence-corrected chi connectivity index (χ4v) is 2.27. The Bertz CT molecular complexity index is 317. The van der Waals surface area contributed by atoms with E-state index in [4.69, 9.17) is 0 Å². The van der Waals surface area contributed by atoms with E-state index in [1.54, 1.807) is 0 Å². The van der Waals surface area contributed by atoms with Crippen molar-refractivity contribution in [2.24, 2.45) is 5.92 Å². The molecule has 0 bridgehead atoms. The summed E-state index contributed by atoms with van der Waals surface area (Å²) in [5.74, 6) is 0.721. The molecule has 1 aromatic carbocycles. The summed E-state index contributed by atoms with van der Waals surface area (Å²) in [6, 6.07) is 11.4. The maximum atomic E-state index is 3.59. The van der Waals surface area contributed by atoms with Crippen molar-refractivity contribution in [3.63, 3.8) is 0 Å². The van der Waals surface area contributed by atoms with Gasteiger partial charge in [0.25, 0.3) is 0 Å². The van der Waals surface area contributed by atoms with E-state index >= 15 is 0 Å². The van der Waals surface area contributed by atoms with E-state index in [0.717, 1.165) is 25.6 Å². The minimum Gasteiger partial charge on any atom is -0.311 e. The van der Waals surface area contributed by atoms with Crippen molar-refractivity contribution in [3.8, 4) is 0 Å². The first-order chi connectivity index (χ1) is 7.75. The largest absolute Gasteiger partial charge is 0.311 e. The molecule has 4 heteroatoms. The van der Waals surface area contributed by atoms with E-state index in [2.05, 4.69) is 54.4 Å². The van der Waals surface area contributed by atoms with Gasteiger partial charge in [0.2, 0.25) is 0 Å². The van der Waals surface area contributed by atoms with Crippen LogP contribution >= 0.6 is 24.8 Å². The third-order valence-corrected chi connectivity index (χ3v) is 3.34. The zero-order valence-electron chi connectivity index (χ0n) is 11.1. The highest BCUT2D eigenvalue weighted by Crippen LogP contribution is 2.11. The van der Waals surface area contributed by atoms with Gasteiger partial charge in [0.15, 0.2) is 0 Å². The molecule has 2 nitrogen and oxygen atoms in total. The first kappa shape index (κ1) is 17.7. The number of rotatable bonds is 3. The molecule has 0 unspecified atom stereocenters. The first-order valence-electron chi connectivity index (χ1n) is 6.25. The van der Waals surface area contributed by atoms with E-state index in [-0.39, 0.29) is 24.8 Å². The summed E-state index contributed by atoms with van der Waals surface area (Å²) in [7, 11) is 0. The van der Waals surface area contributed by atoms with Gasteiger partial charge in [0.1, 0.15) is 0 Å². The van der Waals surface area contributed by atoms with Crippen molar-refractivity contribution >= 4 is 24.8 Å². The smallest absolute Gasteiger partial charge is 0.0234 e. The van der Waals surface area contributed by atoms with Gasteiger partial charge in [-0.2, -0.15) is 0 Å². The Labute approximate surface area is 123 Å². The Morgan fingerprint density at radius 3 is 2.50 bits per heavy atom. The summed E-state index contributed by atoms with van der Waals surface area (Å²) in [5.41, 5.74) is 1.42. The van der Waals surface area contributed by atoms with E-state index in [0.29, 0.717) is 6.04 Å². The van der Waals surface area contributed by atoms with E-state index in [9.17, 15) is 0 Å². The summed E-state index contributed by atoms with van der Waals surface area (Å²) in [5, 5.41) is 3.59. The molecule has 1 saturated heterocycles. The summed E-state index contributed by atoms with van der Waals surface area (Å²) >= 11 is 0. The number of hydrogen-bond donors (Lipinski definition) is 1. The van der Waals surface area contributed by atoms with E-state index < -0.39 is 0 Å². The molecule has 0 aliphatic carbocycles. The molecule has 0 spiro atoms. The molecule has 1 fully saturated rings. The van der Waals surface area contributed by atoms with Gasteiger partial charge in [-0.3, -0.25) is 4.90 Å². The molecular formula is C14H24Cl2N2. The van der Waals surface area contributed by atoms with Crippen molar-refractivity contribution in [1.82, 2.24) is 10.2 Å². The number of halogens is 2. The molecule has 1 aliphatic rings. The normalized spacial score (nSPS) is 20.1. The average Bonchev–Trinajstić information content (AvgIpc) is 2.30. The molecule has 1 aliphatic heterocycles. The van der Waals surface area contributed by atoms with Crippen molar-refractivity contribution in [1.29, 1.82) is 0 Å². The number of benzene rings is 1. The summed E-state index contributed by atoms with van der Waals surface area (Å²) in [4.78, 5) is 2.55. The van der Waals surface area contributed by atoms with Crippen LogP contribution in [0.2, 0.25) is 0 Å². The molecule has 2 rings (SSSR count). The van der Waals surface area contributed by atoms with Crippen LogP contribution in [0.4, 0.5) is 0 Å². The topological polar surface area (TPSA) is 15.3 Å². The molecule has 1 aromatic rings. The van der Waals surface area contributed by atoms with Gasteiger partial charge in [-0.1, -0.05) is 44.2 Å². The Morgan fingerprint density at radius 1 is 1.22 bits per heavy atom. The third-order valence-electron chi connectivity index (χ3n) is 3.34. The van der Waals surface area contributed by atoms with Gasteiger partial charge >= 0.3 is 0 Å². The van der Waals surface area contributed by atoms with Crippen molar-refractivity contribution in [2.45, 2.75) is 26.4 Å². The minimum atomic E-state index is 0. The quantitative estimate of drug-likeness (QED) is 0.921. The maximum absolute atomic E-state index is 3.59. The second kappa shape index (κ2) is 8.76. The Balaban J connectivity index is 0.00000144. The second-order valence-electron chi connectivity index (χ2n) is 5.03. The average molecular weight is 291 g/mol. The molecule has 104 valence electrons. The second-order valence-corrected chi connectivity index (χ2v) is 5.03. The Kier molecular flexibility index (Phi) is 8.62. The van der Waals surface area contributed by atoms with Gasteiger partial charge in [0, 0.05) is 32.2 Å². The predicted octanol–water partition coefficient (Wildman–Crippen LogP) is 2.96. The monoisotopic (exact) mass is 290 g/mol. The highest BCUT2D eigenvalue weighted by atomic mass is 35.5. The van der Waals surface area contributed by atoms with Crippen LogP contribution in [0.3, 0.4) is 0 Å². The third kappa shape index (κ3) is 5.15. The van der Waals surface area contributed by atoms with Crippen LogP contribution in [-0.4, -0.2) is 30.6 Å². The molecule has 0 saturated carbocycles. The van der Waals surface area contributed by atoms with Gasteiger partial charge in [0.05, 0.1) is 0 Å². The fourth-order valence-electron chi connectivity index (χ4n) is 2.27. The van der Waals surface area contributed by atoms with Crippen molar-refractivity contribution in [2.75, 3.05) is 19.6 Å². The van der Waals surface area contributed by atoms with Crippen molar-refractivity contribution < 1.29 is 0 Å². The summed E-state index contributed by atoms with van der Waals surface area (Å²) in [6.07, 6.45) is 0. The van der Waals surface area contributed by atoms with Gasteiger partial charge in [-0.15, -0.1) is 24.8 Å². The van der Waals surface area contributed by atoms with Gasteiger partial charge in [-0.05, 0) is 11.5 Å². The van der Waals surface area contributed by atoms with Gasteiger partial charge < -0.3 is 5.32 Å². The molecule has 1 atom stereocenters. The molecule has 1 heterocycles. The van der Waals surface area contributed by atoms with Crippen LogP contribution in [0.5, 0.6) is 0 Å². The summed E-state index contributed by atoms with van der Waals surface area (Å²) in [6.45, 7) is 9.14. The number of hydrogen-bond acceptors (Lipinski definition) is 2. The van der Waals surface area contributed by atoms with Crippen molar-refractivity contribution in [3.05, 3.63) is 35.9 Å². The molecule has 18 heavy (non-hydrogen) atoms. The lowest BCUT2D eigenvalue weighted by Crippen LogP contribution is -2.52. The molecule has 1 N–H and O–H groups in total. The molecule has 0 amide bonds. The van der Waals surface area contributed by atoms with E-state index in [1.807, 2.05) is 0 Å². The number of piperazine rings is 1. The standard InChI is InChI=1S/C14H22N2.2ClH/c1-12(2)14-11-16(9-8-15-14)10-13-6-4-3-5-7-13;;/h3-7,12,14-15H,8-11H2,1-2H3;2*1H/t14-;;/m1../s1. The van der Waals surface area contributed by atoms with Crippen LogP contribution in [0.25, 0.3) is 0 Å². The van der Waals surface area contributed by atoms with Crippen LogP contribution in [-0.2, 0) is 6.54 Å². The Hall–Kier alpha value is -0.280. The fraction of sp³-hybridized carbons (Fsp3) is 0.571. The number of nitrogens with one attached hydrogen (secondary N) is 1. The van der Waals surface area contributed by atoms with Crippen LogP contribution in [0.15, 0.2) is 30.3 Å². The van der Waals surface area contributed by atoms with Crippen LogP contribution in [0.1, 0.15) is 19.4 Å².